The summed E-state index contributed by atoms with van der Waals surface area (Å²) in [5.74, 6) is 0.689. The van der Waals surface area contributed by atoms with Crippen molar-refractivity contribution in [1.29, 1.82) is 0 Å². The maximum absolute atomic E-state index is 6.09. The van der Waals surface area contributed by atoms with E-state index in [9.17, 15) is 0 Å². The smallest absolute Gasteiger partial charge is 0.0234 e. The molecule has 1 fully saturated rings. The molecule has 0 radical (unpaired) electrons. The molecule has 0 spiro atoms. The largest absolute Gasteiger partial charge is 0.326 e. The molecule has 2 nitrogen and oxygen atoms in total. The molecule has 0 saturated carbocycles. The average molecular weight is 204 g/mol. The highest BCUT2D eigenvalue weighted by molar-refractivity contribution is 5.14. The van der Waals surface area contributed by atoms with Crippen LogP contribution in [0.1, 0.15) is 18.9 Å². The van der Waals surface area contributed by atoms with Crippen LogP contribution in [0, 0.1) is 5.92 Å². The number of nitrogens with two attached hydrogens (primary N) is 1. The topological polar surface area (TPSA) is 29.3 Å². The fourth-order valence-electron chi connectivity index (χ4n) is 2.39. The lowest BCUT2D eigenvalue weighted by atomic mass is 10.0. The third kappa shape index (κ3) is 2.58. The van der Waals surface area contributed by atoms with Crippen molar-refractivity contribution in [2.24, 2.45) is 11.7 Å². The number of benzene rings is 1. The van der Waals surface area contributed by atoms with Gasteiger partial charge in [0, 0.05) is 25.7 Å². The van der Waals surface area contributed by atoms with Gasteiger partial charge in [-0.3, -0.25) is 4.90 Å². The molecular weight excluding hydrogens is 184 g/mol. The predicted molar refractivity (Wildman–Crippen MR) is 63.5 cm³/mol. The highest BCUT2D eigenvalue weighted by Gasteiger charge is 2.28. The van der Waals surface area contributed by atoms with Gasteiger partial charge in [0.15, 0.2) is 0 Å². The van der Waals surface area contributed by atoms with Crippen LogP contribution in [0.15, 0.2) is 30.3 Å². The van der Waals surface area contributed by atoms with Gasteiger partial charge in [-0.2, -0.15) is 0 Å². The number of rotatable bonds is 3. The number of hydrogen-bond donors (Lipinski definition) is 1. The van der Waals surface area contributed by atoms with Crippen LogP contribution < -0.4 is 5.73 Å². The van der Waals surface area contributed by atoms with Crippen molar-refractivity contribution in [3.63, 3.8) is 0 Å². The third-order valence-electron chi connectivity index (χ3n) is 3.34. The van der Waals surface area contributed by atoms with Crippen molar-refractivity contribution < 1.29 is 0 Å². The molecule has 1 aliphatic rings. The summed E-state index contributed by atoms with van der Waals surface area (Å²) >= 11 is 0. The standard InChI is InChI=1S/C13H20N2/c1-2-12-9-15(10-13(12)14)8-11-6-4-3-5-7-11/h3-7,12-13H,2,8-10,14H2,1H3/t12-,13?/m0/s1. The molecule has 2 heteroatoms. The van der Waals surface area contributed by atoms with Crippen molar-refractivity contribution in [2.75, 3.05) is 13.1 Å². The van der Waals surface area contributed by atoms with Crippen molar-refractivity contribution >= 4 is 0 Å². The Morgan fingerprint density at radius 3 is 2.60 bits per heavy atom. The molecule has 0 bridgehead atoms. The maximum atomic E-state index is 6.09. The quantitative estimate of drug-likeness (QED) is 0.814. The van der Waals surface area contributed by atoms with E-state index < -0.39 is 0 Å². The zero-order valence-corrected chi connectivity index (χ0v) is 9.39. The summed E-state index contributed by atoms with van der Waals surface area (Å²) in [6.07, 6.45) is 1.20. The van der Waals surface area contributed by atoms with E-state index in [1.54, 1.807) is 0 Å². The van der Waals surface area contributed by atoms with Gasteiger partial charge >= 0.3 is 0 Å². The number of nitrogens with zero attached hydrogens (tertiary/aromatic N) is 1. The fourth-order valence-corrected chi connectivity index (χ4v) is 2.39. The van der Waals surface area contributed by atoms with Crippen molar-refractivity contribution in [3.05, 3.63) is 35.9 Å². The maximum Gasteiger partial charge on any atom is 0.0234 e. The SMILES string of the molecule is CC[C@H]1CN(Cc2ccccc2)CC1N. The first-order valence-corrected chi connectivity index (χ1v) is 5.81. The Morgan fingerprint density at radius 1 is 1.27 bits per heavy atom. The minimum absolute atomic E-state index is 0.374. The second-order valence-corrected chi connectivity index (χ2v) is 4.51. The summed E-state index contributed by atoms with van der Waals surface area (Å²) in [5, 5.41) is 0. The summed E-state index contributed by atoms with van der Waals surface area (Å²) in [5.41, 5.74) is 7.48. The van der Waals surface area contributed by atoms with Gasteiger partial charge in [0.2, 0.25) is 0 Å². The second kappa shape index (κ2) is 4.77. The molecule has 1 unspecified atom stereocenters. The van der Waals surface area contributed by atoms with Crippen molar-refractivity contribution in [3.8, 4) is 0 Å². The summed E-state index contributed by atoms with van der Waals surface area (Å²) in [7, 11) is 0. The van der Waals surface area contributed by atoms with E-state index in [0.717, 1.165) is 19.6 Å². The molecule has 2 N–H and O–H groups in total. The summed E-state index contributed by atoms with van der Waals surface area (Å²) in [6.45, 7) is 5.49. The molecule has 1 heterocycles. The van der Waals surface area contributed by atoms with Gasteiger partial charge in [-0.25, -0.2) is 0 Å². The zero-order valence-electron chi connectivity index (χ0n) is 9.39. The molecule has 0 aromatic heterocycles. The third-order valence-corrected chi connectivity index (χ3v) is 3.34. The zero-order chi connectivity index (χ0) is 10.7. The molecular formula is C13H20N2. The Labute approximate surface area is 92.1 Å². The van der Waals surface area contributed by atoms with Gasteiger partial charge in [-0.05, 0) is 11.5 Å². The van der Waals surface area contributed by atoms with Gasteiger partial charge < -0.3 is 5.73 Å². The number of hydrogen-bond acceptors (Lipinski definition) is 2. The first kappa shape index (κ1) is 10.7. The van der Waals surface area contributed by atoms with E-state index in [1.807, 2.05) is 0 Å². The summed E-state index contributed by atoms with van der Waals surface area (Å²) in [6, 6.07) is 11.0. The van der Waals surface area contributed by atoms with E-state index in [2.05, 4.69) is 42.2 Å². The van der Waals surface area contributed by atoms with E-state index in [1.165, 1.54) is 12.0 Å². The average Bonchev–Trinajstić information content (AvgIpc) is 2.60. The van der Waals surface area contributed by atoms with Gasteiger partial charge in [0.1, 0.15) is 0 Å². The lowest BCUT2D eigenvalue weighted by Crippen LogP contribution is -2.29. The van der Waals surface area contributed by atoms with Crippen LogP contribution in [0.2, 0.25) is 0 Å². The van der Waals surface area contributed by atoms with Crippen molar-refractivity contribution in [1.82, 2.24) is 4.90 Å². The molecule has 82 valence electrons. The monoisotopic (exact) mass is 204 g/mol. The van der Waals surface area contributed by atoms with Gasteiger partial charge in [0.05, 0.1) is 0 Å². The molecule has 1 saturated heterocycles. The Hall–Kier alpha value is -0.860. The van der Waals surface area contributed by atoms with Crippen LogP contribution in [0.3, 0.4) is 0 Å². The Kier molecular flexibility index (Phi) is 3.39. The van der Waals surface area contributed by atoms with Crippen LogP contribution in [-0.2, 0) is 6.54 Å². The minimum Gasteiger partial charge on any atom is -0.326 e. The predicted octanol–water partition coefficient (Wildman–Crippen LogP) is 1.86. The Balaban J connectivity index is 1.92. The second-order valence-electron chi connectivity index (χ2n) is 4.51. The van der Waals surface area contributed by atoms with Crippen LogP contribution >= 0.6 is 0 Å². The first-order valence-electron chi connectivity index (χ1n) is 5.81. The summed E-state index contributed by atoms with van der Waals surface area (Å²) in [4.78, 5) is 2.47. The van der Waals surface area contributed by atoms with Gasteiger partial charge in [0.25, 0.3) is 0 Å². The highest BCUT2D eigenvalue weighted by atomic mass is 15.2. The first-order chi connectivity index (χ1) is 7.29. The van der Waals surface area contributed by atoms with Crippen LogP contribution in [0.25, 0.3) is 0 Å². The van der Waals surface area contributed by atoms with Gasteiger partial charge in [-0.15, -0.1) is 0 Å². The Bertz CT molecular complexity index is 297. The highest BCUT2D eigenvalue weighted by Crippen LogP contribution is 2.20. The normalized spacial score (nSPS) is 27.1. The molecule has 2 rings (SSSR count). The molecule has 0 amide bonds. The molecule has 1 aromatic carbocycles. The van der Waals surface area contributed by atoms with Gasteiger partial charge in [-0.1, -0.05) is 43.7 Å². The molecule has 2 atom stereocenters. The molecule has 0 aliphatic carbocycles. The van der Waals surface area contributed by atoms with E-state index >= 15 is 0 Å². The lowest BCUT2D eigenvalue weighted by molar-refractivity contribution is 0.314. The van der Waals surface area contributed by atoms with Crippen LogP contribution in [0.5, 0.6) is 0 Å². The van der Waals surface area contributed by atoms with Crippen LogP contribution in [0.4, 0.5) is 0 Å². The minimum atomic E-state index is 0.374. The molecule has 1 aliphatic heterocycles. The summed E-state index contributed by atoms with van der Waals surface area (Å²) < 4.78 is 0. The lowest BCUT2D eigenvalue weighted by Gasteiger charge is -2.15. The molecule has 1 aromatic rings. The fraction of sp³-hybridized carbons (Fsp3) is 0.538. The van der Waals surface area contributed by atoms with E-state index in [4.69, 9.17) is 5.73 Å². The van der Waals surface area contributed by atoms with E-state index in [-0.39, 0.29) is 0 Å². The van der Waals surface area contributed by atoms with Crippen LogP contribution in [-0.4, -0.2) is 24.0 Å². The Morgan fingerprint density at radius 2 is 2.00 bits per heavy atom. The number of likely N-dealkylation sites (tertiary alicyclic amines) is 1. The molecule has 15 heavy (non-hydrogen) atoms. The van der Waals surface area contributed by atoms with Crippen molar-refractivity contribution in [2.45, 2.75) is 25.9 Å². The van der Waals surface area contributed by atoms with E-state index in [0.29, 0.717) is 12.0 Å².